The zero-order chi connectivity index (χ0) is 20.6. The molecule has 150 valence electrons. The van der Waals surface area contributed by atoms with Crippen molar-refractivity contribution in [2.75, 3.05) is 10.6 Å². The van der Waals surface area contributed by atoms with E-state index in [4.69, 9.17) is 4.98 Å². The minimum atomic E-state index is 0.466. The number of hydrogen-bond donors (Lipinski definition) is 3. The molecule has 4 aromatic heterocycles. The standard InChI is InChI=1S/C21H14N8S2/c1-2-4-12(5-3-1)18-26-21(31-29-18)27-20-24-16-8-9-30-17(16)19(25-20)23-14-6-7-15-13(10-14)11-22-28-15/h1-11H,(H,22,28)(H2,23,24,25,26,27,29). The predicted octanol–water partition coefficient (Wildman–Crippen LogP) is 5.57. The van der Waals surface area contributed by atoms with Crippen LogP contribution in [0.4, 0.5) is 22.6 Å². The summed E-state index contributed by atoms with van der Waals surface area (Å²) in [4.78, 5) is 13.9. The van der Waals surface area contributed by atoms with Crippen molar-refractivity contribution in [1.82, 2.24) is 29.5 Å². The van der Waals surface area contributed by atoms with Gasteiger partial charge in [-0.3, -0.25) is 10.4 Å². The molecule has 0 saturated carbocycles. The highest BCUT2D eigenvalue weighted by Crippen LogP contribution is 2.31. The van der Waals surface area contributed by atoms with Crippen LogP contribution >= 0.6 is 22.9 Å². The van der Waals surface area contributed by atoms with Crippen LogP contribution in [-0.2, 0) is 0 Å². The maximum Gasteiger partial charge on any atom is 0.231 e. The number of anilines is 4. The Morgan fingerprint density at radius 2 is 1.84 bits per heavy atom. The van der Waals surface area contributed by atoms with E-state index in [0.717, 1.165) is 38.2 Å². The number of aromatic nitrogens is 6. The van der Waals surface area contributed by atoms with Gasteiger partial charge in [-0.2, -0.15) is 19.4 Å². The van der Waals surface area contributed by atoms with Gasteiger partial charge < -0.3 is 5.32 Å². The van der Waals surface area contributed by atoms with Gasteiger partial charge >= 0.3 is 0 Å². The molecule has 6 aromatic rings. The second-order valence-corrected chi connectivity index (χ2v) is 8.41. The van der Waals surface area contributed by atoms with Crippen LogP contribution in [0, 0.1) is 0 Å². The predicted molar refractivity (Wildman–Crippen MR) is 125 cm³/mol. The number of nitrogens with one attached hydrogen (secondary N) is 3. The number of nitrogens with zero attached hydrogens (tertiary/aromatic N) is 5. The molecule has 0 atom stereocenters. The summed E-state index contributed by atoms with van der Waals surface area (Å²) in [6, 6.07) is 17.9. The summed E-state index contributed by atoms with van der Waals surface area (Å²) in [5.41, 5.74) is 3.75. The average molecular weight is 443 g/mol. The van der Waals surface area contributed by atoms with Gasteiger partial charge in [-0.15, -0.1) is 11.3 Å². The maximum absolute atomic E-state index is 4.71. The highest BCUT2D eigenvalue weighted by atomic mass is 32.1. The van der Waals surface area contributed by atoms with Crippen molar-refractivity contribution in [2.45, 2.75) is 0 Å². The van der Waals surface area contributed by atoms with E-state index >= 15 is 0 Å². The van der Waals surface area contributed by atoms with Crippen molar-refractivity contribution >= 4 is 66.6 Å². The molecule has 0 bridgehead atoms. The third-order valence-electron chi connectivity index (χ3n) is 4.68. The normalized spacial score (nSPS) is 11.2. The fourth-order valence-electron chi connectivity index (χ4n) is 3.24. The molecule has 4 heterocycles. The van der Waals surface area contributed by atoms with Crippen molar-refractivity contribution in [2.24, 2.45) is 0 Å². The van der Waals surface area contributed by atoms with Gasteiger partial charge in [0.15, 0.2) is 11.6 Å². The maximum atomic E-state index is 4.71. The Labute approximate surface area is 184 Å². The van der Waals surface area contributed by atoms with Crippen LogP contribution in [0.2, 0.25) is 0 Å². The summed E-state index contributed by atoms with van der Waals surface area (Å²) < 4.78 is 5.43. The fraction of sp³-hybridized carbons (Fsp3) is 0. The largest absolute Gasteiger partial charge is 0.339 e. The van der Waals surface area contributed by atoms with Gasteiger partial charge in [-0.05, 0) is 29.6 Å². The van der Waals surface area contributed by atoms with E-state index in [1.165, 1.54) is 11.5 Å². The lowest BCUT2D eigenvalue weighted by Crippen LogP contribution is -2.01. The Kier molecular flexibility index (Phi) is 4.29. The number of fused-ring (bicyclic) bond motifs is 2. The molecular weight excluding hydrogens is 428 g/mol. The van der Waals surface area contributed by atoms with Crippen LogP contribution in [0.1, 0.15) is 0 Å². The van der Waals surface area contributed by atoms with E-state index in [1.54, 1.807) is 17.5 Å². The van der Waals surface area contributed by atoms with Crippen LogP contribution in [0.15, 0.2) is 66.2 Å². The lowest BCUT2D eigenvalue weighted by Gasteiger charge is -2.09. The lowest BCUT2D eigenvalue weighted by atomic mass is 10.2. The van der Waals surface area contributed by atoms with Crippen molar-refractivity contribution in [1.29, 1.82) is 0 Å². The first-order valence-corrected chi connectivity index (χ1v) is 11.1. The summed E-state index contributed by atoms with van der Waals surface area (Å²) in [7, 11) is 0. The number of benzene rings is 2. The highest BCUT2D eigenvalue weighted by Gasteiger charge is 2.13. The summed E-state index contributed by atoms with van der Waals surface area (Å²) in [6.45, 7) is 0. The van der Waals surface area contributed by atoms with Crippen LogP contribution in [0.25, 0.3) is 32.5 Å². The topological polar surface area (TPSA) is 104 Å². The molecule has 10 heteroatoms. The minimum absolute atomic E-state index is 0.466. The number of thiophene rings is 1. The molecule has 0 amide bonds. The molecule has 0 aliphatic carbocycles. The summed E-state index contributed by atoms with van der Waals surface area (Å²) in [5, 5.41) is 17.3. The smallest absolute Gasteiger partial charge is 0.231 e. The first-order chi connectivity index (χ1) is 15.3. The molecule has 8 nitrogen and oxygen atoms in total. The van der Waals surface area contributed by atoms with Crippen molar-refractivity contribution in [3.63, 3.8) is 0 Å². The van der Waals surface area contributed by atoms with Gasteiger partial charge in [0.2, 0.25) is 11.1 Å². The van der Waals surface area contributed by atoms with Crippen LogP contribution in [0.5, 0.6) is 0 Å². The Morgan fingerprint density at radius 1 is 0.903 bits per heavy atom. The second-order valence-electron chi connectivity index (χ2n) is 6.74. The quantitative estimate of drug-likeness (QED) is 0.320. The van der Waals surface area contributed by atoms with E-state index in [0.29, 0.717) is 16.9 Å². The lowest BCUT2D eigenvalue weighted by molar-refractivity contribution is 1.12. The Balaban J connectivity index is 1.32. The Hall–Kier alpha value is -3.89. The molecule has 6 rings (SSSR count). The molecule has 0 saturated heterocycles. The van der Waals surface area contributed by atoms with Gasteiger partial charge in [0.05, 0.1) is 21.9 Å². The van der Waals surface area contributed by atoms with E-state index < -0.39 is 0 Å². The number of H-pyrrole nitrogens is 1. The number of hydrogen-bond acceptors (Lipinski definition) is 9. The SMILES string of the molecule is c1ccc(-c2nsc(Nc3nc(Nc4ccc5[nH]ncc5c4)c4sccc4n3)n2)cc1. The first kappa shape index (κ1) is 17.9. The van der Waals surface area contributed by atoms with E-state index in [-0.39, 0.29) is 0 Å². The molecule has 2 aromatic carbocycles. The molecule has 0 spiro atoms. The Morgan fingerprint density at radius 3 is 2.77 bits per heavy atom. The Bertz CT molecular complexity index is 1500. The molecule has 0 fully saturated rings. The highest BCUT2D eigenvalue weighted by molar-refractivity contribution is 7.17. The zero-order valence-electron chi connectivity index (χ0n) is 15.9. The zero-order valence-corrected chi connectivity index (χ0v) is 17.5. The number of aromatic amines is 1. The average Bonchev–Trinajstić information content (AvgIpc) is 3.55. The van der Waals surface area contributed by atoms with Crippen LogP contribution < -0.4 is 10.6 Å². The summed E-state index contributed by atoms with van der Waals surface area (Å²) in [5.74, 6) is 1.88. The summed E-state index contributed by atoms with van der Waals surface area (Å²) >= 11 is 2.87. The van der Waals surface area contributed by atoms with Gasteiger partial charge in [0.25, 0.3) is 0 Å². The third-order valence-corrected chi connectivity index (χ3v) is 6.22. The van der Waals surface area contributed by atoms with Crippen LogP contribution in [0.3, 0.4) is 0 Å². The van der Waals surface area contributed by atoms with E-state index in [9.17, 15) is 0 Å². The molecule has 0 aliphatic rings. The van der Waals surface area contributed by atoms with Gasteiger partial charge in [0, 0.05) is 28.2 Å². The number of rotatable bonds is 5. The molecule has 0 unspecified atom stereocenters. The van der Waals surface area contributed by atoms with Gasteiger partial charge in [-0.1, -0.05) is 30.3 Å². The first-order valence-electron chi connectivity index (χ1n) is 9.43. The molecule has 3 N–H and O–H groups in total. The van der Waals surface area contributed by atoms with Crippen molar-refractivity contribution < 1.29 is 0 Å². The molecule has 0 radical (unpaired) electrons. The minimum Gasteiger partial charge on any atom is -0.339 e. The second kappa shape index (κ2) is 7.42. The van der Waals surface area contributed by atoms with E-state index in [2.05, 4.69) is 35.2 Å². The van der Waals surface area contributed by atoms with Gasteiger partial charge in [0.1, 0.15) is 0 Å². The van der Waals surface area contributed by atoms with E-state index in [1.807, 2.05) is 60.0 Å². The monoisotopic (exact) mass is 442 g/mol. The molecule has 31 heavy (non-hydrogen) atoms. The van der Waals surface area contributed by atoms with Crippen molar-refractivity contribution in [3.8, 4) is 11.4 Å². The van der Waals surface area contributed by atoms with Crippen molar-refractivity contribution in [3.05, 3.63) is 66.2 Å². The van der Waals surface area contributed by atoms with Gasteiger partial charge in [-0.25, -0.2) is 4.98 Å². The third kappa shape index (κ3) is 3.47. The molecular formula is C21H14N8S2. The van der Waals surface area contributed by atoms with Crippen LogP contribution in [-0.4, -0.2) is 29.5 Å². The molecule has 0 aliphatic heterocycles. The summed E-state index contributed by atoms with van der Waals surface area (Å²) in [6.07, 6.45) is 1.80. The fourth-order valence-corrected chi connectivity index (χ4v) is 4.59.